The smallest absolute Gasteiger partial charge is 0.151 e. The number of benzene rings is 2. The number of aryl methyl sites for hydroxylation is 2. The van der Waals surface area contributed by atoms with Gasteiger partial charge in [0.2, 0.25) is 0 Å². The van der Waals surface area contributed by atoms with E-state index in [1.807, 2.05) is 52.1 Å². The van der Waals surface area contributed by atoms with Crippen LogP contribution in [0.4, 0.5) is 5.69 Å². The number of aldehydes is 1. The fourth-order valence-corrected chi connectivity index (χ4v) is 2.53. The molecule has 1 N–H and O–H groups in total. The van der Waals surface area contributed by atoms with E-state index in [4.69, 9.17) is 0 Å². The Bertz CT molecular complexity index is 948. The van der Waals surface area contributed by atoms with Gasteiger partial charge < -0.3 is 5.32 Å². The summed E-state index contributed by atoms with van der Waals surface area (Å²) in [5.74, 6) is 0.657. The lowest BCUT2D eigenvalue weighted by Crippen LogP contribution is -2.20. The molecule has 0 unspecified atom stereocenters. The maximum absolute atomic E-state index is 11.0. The number of carbonyl (C=O) groups excluding carboxylic acids is 1. The average Bonchev–Trinajstić information content (AvgIpc) is 2.69. The lowest BCUT2D eigenvalue weighted by Gasteiger charge is -2.10. The van der Waals surface area contributed by atoms with Crippen LogP contribution in [0.5, 0.6) is 0 Å². The summed E-state index contributed by atoms with van der Waals surface area (Å²) in [6, 6.07) is 14.0. The first-order valence-corrected chi connectivity index (χ1v) is 9.25. The summed E-state index contributed by atoms with van der Waals surface area (Å²) in [5, 5.41) is 3.30. The number of hydrogen-bond donors (Lipinski definition) is 1. The van der Waals surface area contributed by atoms with Crippen LogP contribution in [0.15, 0.2) is 70.9 Å². The van der Waals surface area contributed by atoms with Gasteiger partial charge >= 0.3 is 0 Å². The minimum absolute atomic E-state index is 0.657. The van der Waals surface area contributed by atoms with Crippen molar-refractivity contribution in [3.05, 3.63) is 83.2 Å². The molecule has 0 radical (unpaired) electrons. The highest BCUT2D eigenvalue weighted by atomic mass is 16.1. The van der Waals surface area contributed by atoms with Crippen molar-refractivity contribution in [2.75, 3.05) is 5.32 Å². The largest absolute Gasteiger partial charge is 0.339 e. The molecule has 4 nitrogen and oxygen atoms in total. The molecular weight excluding hydrogens is 346 g/mol. The normalized spacial score (nSPS) is 13.1. The first kappa shape index (κ1) is 21.0. The highest BCUT2D eigenvalue weighted by Crippen LogP contribution is 2.16. The Morgan fingerprint density at radius 1 is 1.00 bits per heavy atom. The minimum Gasteiger partial charge on any atom is -0.339 e. The van der Waals surface area contributed by atoms with Crippen LogP contribution in [0.2, 0.25) is 0 Å². The van der Waals surface area contributed by atoms with Crippen molar-refractivity contribution >= 4 is 29.1 Å². The quantitative estimate of drug-likeness (QED) is 0.384. The summed E-state index contributed by atoms with van der Waals surface area (Å²) in [4.78, 5) is 20.1. The summed E-state index contributed by atoms with van der Waals surface area (Å²) in [6.45, 7) is 9.86. The number of anilines is 1. The summed E-state index contributed by atoms with van der Waals surface area (Å²) < 4.78 is 0. The van der Waals surface area contributed by atoms with Crippen LogP contribution in [0.25, 0.3) is 5.57 Å². The monoisotopic (exact) mass is 373 g/mol. The Morgan fingerprint density at radius 3 is 2.32 bits per heavy atom. The van der Waals surface area contributed by atoms with Gasteiger partial charge in [0.05, 0.1) is 5.71 Å². The van der Waals surface area contributed by atoms with E-state index in [1.54, 1.807) is 12.3 Å². The second-order valence-corrected chi connectivity index (χ2v) is 6.67. The number of nitrogens with zero attached hydrogens (tertiary/aromatic N) is 2. The van der Waals surface area contributed by atoms with Crippen molar-refractivity contribution < 1.29 is 4.79 Å². The van der Waals surface area contributed by atoms with Crippen LogP contribution in [0.3, 0.4) is 0 Å². The molecule has 28 heavy (non-hydrogen) atoms. The predicted molar refractivity (Wildman–Crippen MR) is 120 cm³/mol. The lowest BCUT2D eigenvalue weighted by molar-refractivity contribution is 0.112. The highest BCUT2D eigenvalue weighted by molar-refractivity contribution is 6.45. The number of nitrogens with one attached hydrogen (secondary N) is 1. The van der Waals surface area contributed by atoms with E-state index < -0.39 is 0 Å². The van der Waals surface area contributed by atoms with Crippen LogP contribution in [-0.4, -0.2) is 17.8 Å². The van der Waals surface area contributed by atoms with Crippen molar-refractivity contribution in [3.63, 3.8) is 0 Å². The third-order valence-electron chi connectivity index (χ3n) is 4.31. The number of amidine groups is 1. The van der Waals surface area contributed by atoms with Crippen LogP contribution in [0, 0.1) is 13.8 Å². The van der Waals surface area contributed by atoms with E-state index in [0.717, 1.165) is 34.4 Å². The molecule has 0 aliphatic carbocycles. The van der Waals surface area contributed by atoms with Gasteiger partial charge in [0.15, 0.2) is 5.84 Å². The summed E-state index contributed by atoms with van der Waals surface area (Å²) in [5.41, 5.74) is 6.67. The zero-order chi connectivity index (χ0) is 20.5. The van der Waals surface area contributed by atoms with E-state index >= 15 is 0 Å². The molecule has 0 aromatic heterocycles. The lowest BCUT2D eigenvalue weighted by atomic mass is 10.1. The fraction of sp³-hybridized carbons (Fsp3) is 0.208. The van der Waals surface area contributed by atoms with Gasteiger partial charge in [-0.2, -0.15) is 0 Å². The molecule has 0 spiro atoms. The van der Waals surface area contributed by atoms with Crippen molar-refractivity contribution in [2.45, 2.75) is 34.6 Å². The van der Waals surface area contributed by atoms with E-state index in [1.165, 1.54) is 5.56 Å². The molecule has 0 saturated carbocycles. The summed E-state index contributed by atoms with van der Waals surface area (Å²) in [7, 11) is 0. The Balaban J connectivity index is 2.27. The Hall–Kier alpha value is -3.27. The molecule has 144 valence electrons. The summed E-state index contributed by atoms with van der Waals surface area (Å²) in [6.07, 6.45) is 6.31. The molecule has 2 aromatic rings. The second kappa shape index (κ2) is 10.2. The van der Waals surface area contributed by atoms with E-state index in [-0.39, 0.29) is 0 Å². The molecule has 0 heterocycles. The number of carbonyl (C=O) groups is 1. The van der Waals surface area contributed by atoms with Crippen LogP contribution in [-0.2, 0) is 0 Å². The predicted octanol–water partition coefficient (Wildman–Crippen LogP) is 5.98. The first-order chi connectivity index (χ1) is 13.4. The topological polar surface area (TPSA) is 53.8 Å². The van der Waals surface area contributed by atoms with Gasteiger partial charge in [-0.25, -0.2) is 4.99 Å². The molecule has 0 saturated heterocycles. The van der Waals surface area contributed by atoms with Gasteiger partial charge in [-0.15, -0.1) is 0 Å². The summed E-state index contributed by atoms with van der Waals surface area (Å²) >= 11 is 0. The molecule has 0 aliphatic heterocycles. The number of rotatable bonds is 6. The molecule has 0 atom stereocenters. The van der Waals surface area contributed by atoms with Crippen LogP contribution < -0.4 is 5.32 Å². The highest BCUT2D eigenvalue weighted by Gasteiger charge is 2.06. The molecule has 2 rings (SSSR count). The van der Waals surface area contributed by atoms with E-state index in [0.29, 0.717) is 11.4 Å². The standard InChI is InChI=1S/C24H27N3O/c1-6-13-25-24(27-23-12-11-22(16-28)18(3)14-23)20(5)26-15-19(4)21-9-7-17(2)8-10-21/h6-16H,1-5H3,(H,25,27)/b13-6-,19-15+,26-20?. The fourth-order valence-electron chi connectivity index (χ4n) is 2.53. The molecular formula is C24H27N3O. The van der Waals surface area contributed by atoms with Crippen molar-refractivity contribution in [1.29, 1.82) is 0 Å². The molecule has 0 aliphatic rings. The van der Waals surface area contributed by atoms with Crippen molar-refractivity contribution in [3.8, 4) is 0 Å². The minimum atomic E-state index is 0.657. The third-order valence-corrected chi connectivity index (χ3v) is 4.31. The Kier molecular flexibility index (Phi) is 7.64. The number of allylic oxidation sites excluding steroid dienone is 2. The molecule has 0 bridgehead atoms. The van der Waals surface area contributed by atoms with Gasteiger partial charge in [-0.3, -0.25) is 9.79 Å². The van der Waals surface area contributed by atoms with Gasteiger partial charge in [0.25, 0.3) is 0 Å². The maximum Gasteiger partial charge on any atom is 0.151 e. The zero-order valence-electron chi connectivity index (χ0n) is 17.2. The average molecular weight is 374 g/mol. The van der Waals surface area contributed by atoms with Gasteiger partial charge in [0, 0.05) is 23.7 Å². The van der Waals surface area contributed by atoms with Gasteiger partial charge in [0.1, 0.15) is 6.29 Å². The molecule has 4 heteroatoms. The first-order valence-electron chi connectivity index (χ1n) is 9.25. The second-order valence-electron chi connectivity index (χ2n) is 6.67. The van der Waals surface area contributed by atoms with Crippen LogP contribution in [0.1, 0.15) is 47.8 Å². The number of aliphatic imine (C=N–C) groups is 2. The molecule has 2 aromatic carbocycles. The molecule has 0 fully saturated rings. The SMILES string of the molecule is C/C=C\N=C(Nc1ccc(C=O)c(C)c1)C(C)=N/C=C(\C)c1ccc(C)cc1. The van der Waals surface area contributed by atoms with Gasteiger partial charge in [-0.05, 0) is 69.5 Å². The zero-order valence-corrected chi connectivity index (χ0v) is 17.2. The Labute approximate surface area is 167 Å². The van der Waals surface area contributed by atoms with E-state index in [2.05, 4.69) is 46.5 Å². The maximum atomic E-state index is 11.0. The van der Waals surface area contributed by atoms with Crippen LogP contribution >= 0.6 is 0 Å². The third kappa shape index (κ3) is 5.88. The Morgan fingerprint density at radius 2 is 1.71 bits per heavy atom. The van der Waals surface area contributed by atoms with Crippen molar-refractivity contribution in [2.24, 2.45) is 9.98 Å². The van der Waals surface area contributed by atoms with Crippen molar-refractivity contribution in [1.82, 2.24) is 0 Å². The molecule has 0 amide bonds. The van der Waals surface area contributed by atoms with E-state index in [9.17, 15) is 4.79 Å². The van der Waals surface area contributed by atoms with Gasteiger partial charge in [-0.1, -0.05) is 35.9 Å². The number of hydrogen-bond acceptors (Lipinski definition) is 3.